The number of hydrogen-bond donors (Lipinski definition) is 0. The number of hydrogen-bond acceptors (Lipinski definition) is 1. The highest BCUT2D eigenvalue weighted by Gasteiger charge is 2.52. The average molecular weight is 1010 g/mol. The van der Waals surface area contributed by atoms with Crippen LogP contribution in [0.1, 0.15) is 10.4 Å². The standard InChI is InChI=1S/C24BF20.C22H19OS/c26-5-1(6(27)14(35)21(42)13(5)34)25(2-7(28)15(36)22(43)16(37)8(2)29,3-9(30)17(38)23(44)18(39)10(3)31)4-11(32)19(40)24(45)20(41)12(4)33;1-24(2)14-21(23)22-19-10-6-5-9-17(19)12-18-11-15-7-3-4-8-16(15)13-20(18)22/h;3-13H,14H2,1-2H3/q-1;+1. The van der Waals surface area contributed by atoms with E-state index < -0.39 is 144 Å². The van der Waals surface area contributed by atoms with E-state index in [9.17, 15) is 57.5 Å². The van der Waals surface area contributed by atoms with E-state index in [2.05, 4.69) is 61.0 Å². The molecule has 8 aromatic rings. The third kappa shape index (κ3) is 7.68. The highest BCUT2D eigenvalue weighted by Crippen LogP contribution is 2.34. The Hall–Kier alpha value is -6.78. The van der Waals surface area contributed by atoms with Crippen LogP contribution in [0.2, 0.25) is 0 Å². The van der Waals surface area contributed by atoms with E-state index in [1.165, 1.54) is 10.8 Å². The topological polar surface area (TPSA) is 17.1 Å². The van der Waals surface area contributed by atoms with Gasteiger partial charge >= 0.3 is 0 Å². The van der Waals surface area contributed by atoms with Gasteiger partial charge in [-0.05, 0) is 61.4 Å². The molecule has 0 amide bonds. The maximum atomic E-state index is 15.4. The van der Waals surface area contributed by atoms with Crippen molar-refractivity contribution in [2.45, 2.75) is 0 Å². The van der Waals surface area contributed by atoms with Gasteiger partial charge in [0.2, 0.25) is 5.78 Å². The number of halogens is 20. The Balaban J connectivity index is 0.000000244. The van der Waals surface area contributed by atoms with Gasteiger partial charge in [0.15, 0.2) is 75.6 Å². The molecule has 1 nitrogen and oxygen atoms in total. The minimum Gasteiger partial charge on any atom is -0.289 e. The molecule has 358 valence electrons. The molecule has 0 atom stereocenters. The smallest absolute Gasteiger partial charge is 0.213 e. The van der Waals surface area contributed by atoms with Crippen LogP contribution in [0.5, 0.6) is 0 Å². The van der Waals surface area contributed by atoms with E-state index in [1.54, 1.807) is 0 Å². The summed E-state index contributed by atoms with van der Waals surface area (Å²) in [5.74, 6) is -70.5. The van der Waals surface area contributed by atoms with E-state index in [1.807, 2.05) is 18.2 Å². The first-order valence-corrected chi connectivity index (χ1v) is 21.2. The van der Waals surface area contributed by atoms with Gasteiger partial charge in [0.25, 0.3) is 0 Å². The molecule has 0 unspecified atom stereocenters. The van der Waals surface area contributed by atoms with E-state index in [0.29, 0.717) is 5.75 Å². The molecule has 0 radical (unpaired) electrons. The van der Waals surface area contributed by atoms with E-state index in [0.717, 1.165) is 27.1 Å². The van der Waals surface area contributed by atoms with Gasteiger partial charge in [0.05, 0.1) is 12.5 Å². The molecule has 0 N–H and O–H groups in total. The van der Waals surface area contributed by atoms with Crippen LogP contribution >= 0.6 is 0 Å². The fraction of sp³-hybridized carbons (Fsp3) is 0.0652. The second-order valence-corrected chi connectivity index (χ2v) is 17.5. The molecule has 0 saturated carbocycles. The summed E-state index contributed by atoms with van der Waals surface area (Å²) in [4.78, 5) is 13.0. The van der Waals surface area contributed by atoms with E-state index >= 15 is 35.1 Å². The summed E-state index contributed by atoms with van der Waals surface area (Å²) in [6.07, 6.45) is -2.97. The molecular formula is C46H19BF20OS. The van der Waals surface area contributed by atoms with Crippen molar-refractivity contribution in [3.63, 3.8) is 0 Å². The molecule has 0 heterocycles. The Bertz CT molecular complexity index is 3100. The first kappa shape index (κ1) is 50.1. The van der Waals surface area contributed by atoms with E-state index in [-0.39, 0.29) is 16.7 Å². The first-order chi connectivity index (χ1) is 32.3. The van der Waals surface area contributed by atoms with Gasteiger partial charge in [-0.15, -0.1) is 21.9 Å². The first-order valence-electron chi connectivity index (χ1n) is 19.0. The number of carbonyl (C=O) groups is 1. The molecule has 0 fully saturated rings. The van der Waals surface area contributed by atoms with Crippen molar-refractivity contribution in [1.82, 2.24) is 0 Å². The summed E-state index contributed by atoms with van der Waals surface area (Å²) in [5.41, 5.74) is -13.4. The van der Waals surface area contributed by atoms with Gasteiger partial charge in [-0.3, -0.25) is 4.79 Å². The van der Waals surface area contributed by atoms with Crippen molar-refractivity contribution in [2.75, 3.05) is 18.3 Å². The summed E-state index contributed by atoms with van der Waals surface area (Å²) in [7, 11) is 0.0914. The maximum absolute atomic E-state index is 15.4. The second kappa shape index (κ2) is 18.3. The average Bonchev–Trinajstić information content (AvgIpc) is 3.32. The molecule has 0 aliphatic rings. The van der Waals surface area contributed by atoms with Crippen LogP contribution in [0.3, 0.4) is 0 Å². The second-order valence-electron chi connectivity index (χ2n) is 15.2. The molecule has 0 spiro atoms. The summed E-state index contributed by atoms with van der Waals surface area (Å²) in [6.45, 7) is 0. The molecular weight excluding hydrogens is 991 g/mol. The van der Waals surface area contributed by atoms with Gasteiger partial charge in [-0.1, -0.05) is 48.5 Å². The van der Waals surface area contributed by atoms with Gasteiger partial charge in [-0.2, -0.15) is 0 Å². The lowest BCUT2D eigenvalue weighted by Gasteiger charge is -2.44. The maximum Gasteiger partial charge on any atom is 0.213 e. The van der Waals surface area contributed by atoms with Crippen molar-refractivity contribution in [3.8, 4) is 0 Å². The Morgan fingerprint density at radius 2 is 0.609 bits per heavy atom. The monoisotopic (exact) mass is 1010 g/mol. The molecule has 23 heteroatoms. The number of Topliss-reactive ketones (excluding diaryl/α,β-unsaturated/α-hetero) is 1. The molecule has 0 aliphatic carbocycles. The van der Waals surface area contributed by atoms with Crippen molar-refractivity contribution in [1.29, 1.82) is 0 Å². The van der Waals surface area contributed by atoms with E-state index in [4.69, 9.17) is 0 Å². The van der Waals surface area contributed by atoms with Crippen LogP contribution in [-0.2, 0) is 10.9 Å². The predicted octanol–water partition coefficient (Wildman–Crippen LogP) is 11.1. The highest BCUT2D eigenvalue weighted by molar-refractivity contribution is 7.96. The van der Waals surface area contributed by atoms with Crippen LogP contribution in [0.15, 0.2) is 66.7 Å². The van der Waals surface area contributed by atoms with Crippen LogP contribution in [0, 0.1) is 116 Å². The summed E-state index contributed by atoms with van der Waals surface area (Å²) in [5, 5.41) is 6.81. The van der Waals surface area contributed by atoms with Crippen LogP contribution in [0.4, 0.5) is 87.8 Å². The van der Waals surface area contributed by atoms with Gasteiger partial charge in [-0.25, -0.2) is 87.8 Å². The van der Waals surface area contributed by atoms with Crippen LogP contribution in [0.25, 0.3) is 32.3 Å². The molecule has 8 rings (SSSR count). The number of fused-ring (bicyclic) bond motifs is 3. The third-order valence-corrected chi connectivity index (χ3v) is 12.0. The van der Waals surface area contributed by atoms with Crippen molar-refractivity contribution >= 4 is 77.0 Å². The zero-order valence-electron chi connectivity index (χ0n) is 34.0. The Morgan fingerprint density at radius 1 is 0.348 bits per heavy atom. The molecule has 0 aliphatic heterocycles. The Kier molecular flexibility index (Phi) is 13.3. The number of carbonyl (C=O) groups excluding carboxylic acids is 1. The van der Waals surface area contributed by atoms with Crippen LogP contribution < -0.4 is 21.9 Å². The zero-order valence-corrected chi connectivity index (χ0v) is 34.8. The lowest BCUT2D eigenvalue weighted by molar-refractivity contribution is 0.102. The van der Waals surface area contributed by atoms with Gasteiger partial charge < -0.3 is 0 Å². The molecule has 8 aromatic carbocycles. The molecule has 0 saturated heterocycles. The lowest BCUT2D eigenvalue weighted by atomic mass is 9.12. The number of benzene rings is 8. The summed E-state index contributed by atoms with van der Waals surface area (Å²) < 4.78 is 294. The summed E-state index contributed by atoms with van der Waals surface area (Å²) in [6, 6.07) is 23.1. The van der Waals surface area contributed by atoms with Crippen molar-refractivity contribution < 1.29 is 92.6 Å². The Labute approximate surface area is 375 Å². The summed E-state index contributed by atoms with van der Waals surface area (Å²) >= 11 is 0. The largest absolute Gasteiger partial charge is 0.289 e. The molecule has 69 heavy (non-hydrogen) atoms. The van der Waals surface area contributed by atoms with Crippen molar-refractivity contribution in [2.24, 2.45) is 0 Å². The molecule has 0 bridgehead atoms. The van der Waals surface area contributed by atoms with Gasteiger partial charge in [0, 0.05) is 5.56 Å². The SMILES string of the molecule is C[S+](C)CC(=O)c1c2ccccc2cc2cc3ccccc3cc12.Fc1c(F)c(F)c([B-](c2c(F)c(F)c(F)c(F)c2F)(c2c(F)c(F)c(F)c(F)c2F)c2c(F)c(F)c(F)c(F)c2F)c(F)c1F. The lowest BCUT2D eigenvalue weighted by Crippen LogP contribution is -2.81. The quantitative estimate of drug-likeness (QED) is 0.0296. The van der Waals surface area contributed by atoms with Crippen molar-refractivity contribution in [3.05, 3.63) is 189 Å². The third-order valence-electron chi connectivity index (χ3n) is 11.1. The highest BCUT2D eigenvalue weighted by atomic mass is 32.2. The normalized spacial score (nSPS) is 11.9. The van der Waals surface area contributed by atoms with Gasteiger partial charge in [0.1, 0.15) is 52.7 Å². The number of rotatable bonds is 7. The zero-order chi connectivity index (χ0) is 51.0. The fourth-order valence-corrected chi connectivity index (χ4v) is 8.93. The predicted molar refractivity (Wildman–Crippen MR) is 217 cm³/mol. The number of ketones is 1. The molecule has 0 aromatic heterocycles. The minimum atomic E-state index is -7.22. The Morgan fingerprint density at radius 3 is 0.928 bits per heavy atom. The van der Waals surface area contributed by atoms with Crippen LogP contribution in [-0.4, -0.2) is 30.2 Å². The fourth-order valence-electron chi connectivity index (χ4n) is 8.27. The minimum absolute atomic E-state index is 0.0914.